The van der Waals surface area contributed by atoms with Gasteiger partial charge in [0.1, 0.15) is 0 Å². The highest BCUT2D eigenvalue weighted by molar-refractivity contribution is 9.09. The Morgan fingerprint density at radius 1 is 1.00 bits per heavy atom. The Balaban J connectivity index is 2.37. The van der Waals surface area contributed by atoms with Crippen molar-refractivity contribution in [1.82, 2.24) is 0 Å². The second-order valence-electron chi connectivity index (χ2n) is 3.19. The highest BCUT2D eigenvalue weighted by atomic mass is 79.9. The molecule has 0 saturated carbocycles. The first-order chi connectivity index (χ1) is 6.38. The van der Waals surface area contributed by atoms with Crippen LogP contribution in [0.15, 0.2) is 41.2 Å². The van der Waals surface area contributed by atoms with Gasteiger partial charge in [0.15, 0.2) is 0 Å². The third-order valence-electron chi connectivity index (χ3n) is 2.49. The molecular weight excluding hydrogens is 228 g/mol. The SMILES string of the molecule is BrC1c2ccccc2-c2cocc21. The van der Waals surface area contributed by atoms with E-state index in [0.29, 0.717) is 4.83 Å². The van der Waals surface area contributed by atoms with Gasteiger partial charge < -0.3 is 4.42 Å². The molecule has 1 aromatic carbocycles. The Kier molecular flexibility index (Phi) is 1.41. The summed E-state index contributed by atoms with van der Waals surface area (Å²) < 4.78 is 5.18. The average Bonchev–Trinajstić information content (AvgIpc) is 2.72. The fourth-order valence-corrected chi connectivity index (χ4v) is 2.61. The summed E-state index contributed by atoms with van der Waals surface area (Å²) in [6.07, 6.45) is 3.63. The van der Waals surface area contributed by atoms with Crippen LogP contribution in [-0.4, -0.2) is 0 Å². The molecule has 1 aromatic heterocycles. The van der Waals surface area contributed by atoms with Crippen molar-refractivity contribution in [1.29, 1.82) is 0 Å². The van der Waals surface area contributed by atoms with Crippen molar-refractivity contribution >= 4 is 15.9 Å². The van der Waals surface area contributed by atoms with E-state index in [1.54, 1.807) is 0 Å². The van der Waals surface area contributed by atoms with Crippen LogP contribution < -0.4 is 0 Å². The lowest BCUT2D eigenvalue weighted by atomic mass is 10.1. The second-order valence-corrected chi connectivity index (χ2v) is 4.11. The largest absolute Gasteiger partial charge is 0.472 e. The van der Waals surface area contributed by atoms with Crippen LogP contribution in [0.2, 0.25) is 0 Å². The first-order valence-electron chi connectivity index (χ1n) is 4.17. The topological polar surface area (TPSA) is 13.1 Å². The molecule has 0 saturated heterocycles. The molecule has 0 bridgehead atoms. The molecule has 2 heteroatoms. The molecule has 13 heavy (non-hydrogen) atoms. The Bertz CT molecular complexity index is 459. The van der Waals surface area contributed by atoms with Crippen LogP contribution >= 0.6 is 15.9 Å². The van der Waals surface area contributed by atoms with Gasteiger partial charge in [-0.05, 0) is 11.1 Å². The predicted octanol–water partition coefficient (Wildman–Crippen LogP) is 3.74. The van der Waals surface area contributed by atoms with Crippen molar-refractivity contribution < 1.29 is 4.42 Å². The summed E-state index contributed by atoms with van der Waals surface area (Å²) in [6.45, 7) is 0. The van der Waals surface area contributed by atoms with E-state index in [2.05, 4.69) is 40.2 Å². The summed E-state index contributed by atoms with van der Waals surface area (Å²) in [7, 11) is 0. The maximum absolute atomic E-state index is 5.18. The number of fused-ring (bicyclic) bond motifs is 3. The van der Waals surface area contributed by atoms with E-state index in [0.717, 1.165) is 0 Å². The van der Waals surface area contributed by atoms with Gasteiger partial charge in [0.25, 0.3) is 0 Å². The van der Waals surface area contributed by atoms with Gasteiger partial charge in [-0.2, -0.15) is 0 Å². The lowest BCUT2D eigenvalue weighted by Gasteiger charge is -2.01. The van der Waals surface area contributed by atoms with Gasteiger partial charge in [-0.3, -0.25) is 0 Å². The van der Waals surface area contributed by atoms with Crippen LogP contribution in [0.5, 0.6) is 0 Å². The maximum Gasteiger partial charge on any atom is 0.0984 e. The van der Waals surface area contributed by atoms with E-state index in [1.165, 1.54) is 22.3 Å². The first kappa shape index (κ1) is 7.39. The minimum Gasteiger partial charge on any atom is -0.472 e. The number of halogens is 1. The van der Waals surface area contributed by atoms with Crippen molar-refractivity contribution in [2.75, 3.05) is 0 Å². The van der Waals surface area contributed by atoms with Crippen LogP contribution in [0.25, 0.3) is 11.1 Å². The predicted molar refractivity (Wildman–Crippen MR) is 54.9 cm³/mol. The van der Waals surface area contributed by atoms with Crippen LogP contribution in [0.3, 0.4) is 0 Å². The summed E-state index contributed by atoms with van der Waals surface area (Å²) in [5.74, 6) is 0. The number of furan rings is 1. The molecule has 0 N–H and O–H groups in total. The van der Waals surface area contributed by atoms with Gasteiger partial charge >= 0.3 is 0 Å². The summed E-state index contributed by atoms with van der Waals surface area (Å²) in [5, 5.41) is 0. The van der Waals surface area contributed by atoms with E-state index < -0.39 is 0 Å². The van der Waals surface area contributed by atoms with E-state index >= 15 is 0 Å². The molecular formula is C11H7BrO. The summed E-state index contributed by atoms with van der Waals surface area (Å²) in [4.78, 5) is 0.303. The third kappa shape index (κ3) is 0.866. The molecule has 0 fully saturated rings. The van der Waals surface area contributed by atoms with Crippen LogP contribution in [-0.2, 0) is 0 Å². The quantitative estimate of drug-likeness (QED) is 0.634. The lowest BCUT2D eigenvalue weighted by Crippen LogP contribution is -1.82. The highest BCUT2D eigenvalue weighted by Gasteiger charge is 2.27. The van der Waals surface area contributed by atoms with E-state index in [1.807, 2.05) is 12.5 Å². The van der Waals surface area contributed by atoms with Gasteiger partial charge in [0, 0.05) is 11.1 Å². The van der Waals surface area contributed by atoms with Gasteiger partial charge in [0.05, 0.1) is 17.4 Å². The average molecular weight is 235 g/mol. The number of alkyl halides is 1. The molecule has 1 unspecified atom stereocenters. The van der Waals surface area contributed by atoms with Crippen LogP contribution in [0.1, 0.15) is 16.0 Å². The van der Waals surface area contributed by atoms with Crippen molar-refractivity contribution in [3.63, 3.8) is 0 Å². The van der Waals surface area contributed by atoms with Gasteiger partial charge in [-0.25, -0.2) is 0 Å². The van der Waals surface area contributed by atoms with Gasteiger partial charge in [-0.1, -0.05) is 40.2 Å². The summed E-state index contributed by atoms with van der Waals surface area (Å²) >= 11 is 3.65. The van der Waals surface area contributed by atoms with Crippen LogP contribution in [0, 0.1) is 0 Å². The molecule has 1 aliphatic carbocycles. The summed E-state index contributed by atoms with van der Waals surface area (Å²) in [5.41, 5.74) is 5.08. The molecule has 1 heterocycles. The lowest BCUT2D eigenvalue weighted by molar-refractivity contribution is 0.564. The zero-order valence-electron chi connectivity index (χ0n) is 6.83. The number of hydrogen-bond donors (Lipinski definition) is 0. The highest BCUT2D eigenvalue weighted by Crippen LogP contribution is 2.48. The molecule has 1 aliphatic rings. The van der Waals surface area contributed by atoms with E-state index in [9.17, 15) is 0 Å². The fraction of sp³-hybridized carbons (Fsp3) is 0.0909. The number of rotatable bonds is 0. The standard InChI is InChI=1S/C11H7BrO/c12-11-8-4-2-1-3-7(8)9-5-13-6-10(9)11/h1-6,11H. The maximum atomic E-state index is 5.18. The Hall–Kier alpha value is -1.02. The molecule has 2 aromatic rings. The summed E-state index contributed by atoms with van der Waals surface area (Å²) in [6, 6.07) is 8.40. The van der Waals surface area contributed by atoms with Crippen molar-refractivity contribution in [3.8, 4) is 11.1 Å². The van der Waals surface area contributed by atoms with Gasteiger partial charge in [-0.15, -0.1) is 0 Å². The minimum absolute atomic E-state index is 0.303. The Morgan fingerprint density at radius 3 is 2.77 bits per heavy atom. The second kappa shape index (κ2) is 2.48. The first-order valence-corrected chi connectivity index (χ1v) is 5.09. The number of benzene rings is 1. The normalized spacial score (nSPS) is 18.4. The van der Waals surface area contributed by atoms with E-state index in [-0.39, 0.29) is 0 Å². The van der Waals surface area contributed by atoms with E-state index in [4.69, 9.17) is 4.42 Å². The number of hydrogen-bond acceptors (Lipinski definition) is 1. The molecule has 0 spiro atoms. The van der Waals surface area contributed by atoms with Crippen molar-refractivity contribution in [2.45, 2.75) is 4.83 Å². The molecule has 0 aliphatic heterocycles. The molecule has 3 rings (SSSR count). The zero-order chi connectivity index (χ0) is 8.84. The fourth-order valence-electron chi connectivity index (χ4n) is 1.85. The minimum atomic E-state index is 0.303. The molecule has 1 nitrogen and oxygen atoms in total. The Morgan fingerprint density at radius 2 is 1.85 bits per heavy atom. The third-order valence-corrected chi connectivity index (χ3v) is 3.48. The van der Waals surface area contributed by atoms with Crippen LogP contribution in [0.4, 0.5) is 0 Å². The smallest absolute Gasteiger partial charge is 0.0984 e. The molecule has 0 amide bonds. The zero-order valence-corrected chi connectivity index (χ0v) is 8.41. The monoisotopic (exact) mass is 234 g/mol. The van der Waals surface area contributed by atoms with Crippen molar-refractivity contribution in [2.24, 2.45) is 0 Å². The molecule has 0 radical (unpaired) electrons. The Labute approximate surface area is 84.5 Å². The van der Waals surface area contributed by atoms with Crippen molar-refractivity contribution in [3.05, 3.63) is 47.9 Å². The van der Waals surface area contributed by atoms with Gasteiger partial charge in [0.2, 0.25) is 0 Å². The molecule has 1 atom stereocenters. The molecule has 64 valence electrons.